The summed E-state index contributed by atoms with van der Waals surface area (Å²) >= 11 is 0. The van der Waals surface area contributed by atoms with Gasteiger partial charge in [0.2, 0.25) is 0 Å². The molecule has 0 spiro atoms. The van der Waals surface area contributed by atoms with Crippen molar-refractivity contribution >= 4 is 17.5 Å². The molecule has 24 heavy (non-hydrogen) atoms. The molecule has 1 aliphatic heterocycles. The molecule has 0 aliphatic carbocycles. The van der Waals surface area contributed by atoms with Crippen LogP contribution in [0.5, 0.6) is 0 Å². The fourth-order valence-electron chi connectivity index (χ4n) is 2.90. The number of anilines is 2. The Morgan fingerprint density at radius 1 is 1.29 bits per heavy atom. The van der Waals surface area contributed by atoms with Gasteiger partial charge in [-0.15, -0.1) is 0 Å². The normalized spacial score (nSPS) is 15.1. The van der Waals surface area contributed by atoms with Gasteiger partial charge in [0.1, 0.15) is 5.82 Å². The molecule has 3 heterocycles. The van der Waals surface area contributed by atoms with Crippen LogP contribution in [0.3, 0.4) is 0 Å². The van der Waals surface area contributed by atoms with Crippen LogP contribution in [-0.2, 0) is 6.42 Å². The van der Waals surface area contributed by atoms with E-state index in [0.717, 1.165) is 38.2 Å². The number of rotatable bonds is 4. The molecule has 2 N–H and O–H groups in total. The third kappa shape index (κ3) is 4.22. The molecule has 0 bridgehead atoms. The van der Waals surface area contributed by atoms with Crippen LogP contribution in [0.15, 0.2) is 42.9 Å². The van der Waals surface area contributed by atoms with Crippen LogP contribution in [0.4, 0.5) is 16.3 Å². The van der Waals surface area contributed by atoms with Crippen molar-refractivity contribution in [3.05, 3.63) is 48.4 Å². The number of hydrogen-bond donors (Lipinski definition) is 2. The number of aromatic nitrogens is 2. The SMILES string of the molecule is CCc1ccnc(N2CCC(NC(=O)Nc3cccnc3)CC2)c1. The van der Waals surface area contributed by atoms with Gasteiger partial charge in [0, 0.05) is 31.5 Å². The Bertz CT molecular complexity index is 668. The van der Waals surface area contributed by atoms with Crippen molar-refractivity contribution in [3.8, 4) is 0 Å². The molecule has 0 aromatic carbocycles. The van der Waals surface area contributed by atoms with E-state index < -0.39 is 0 Å². The van der Waals surface area contributed by atoms with Crippen LogP contribution >= 0.6 is 0 Å². The molecule has 0 radical (unpaired) electrons. The maximum absolute atomic E-state index is 12.0. The Balaban J connectivity index is 1.49. The topological polar surface area (TPSA) is 70.2 Å². The van der Waals surface area contributed by atoms with Crippen LogP contribution in [0.2, 0.25) is 0 Å². The second kappa shape index (κ2) is 7.77. The highest BCUT2D eigenvalue weighted by molar-refractivity contribution is 5.89. The van der Waals surface area contributed by atoms with Gasteiger partial charge in [-0.25, -0.2) is 9.78 Å². The number of piperidine rings is 1. The standard InChI is InChI=1S/C18H23N5O/c1-2-14-5-9-20-17(12-14)23-10-6-15(7-11-23)21-18(24)22-16-4-3-8-19-13-16/h3-5,8-9,12-13,15H,2,6-7,10-11H2,1H3,(H2,21,22,24). The summed E-state index contributed by atoms with van der Waals surface area (Å²) in [6.07, 6.45) is 8.04. The summed E-state index contributed by atoms with van der Waals surface area (Å²) in [7, 11) is 0. The molecule has 3 rings (SSSR count). The number of amides is 2. The number of hydrogen-bond acceptors (Lipinski definition) is 4. The van der Waals surface area contributed by atoms with E-state index in [1.165, 1.54) is 5.56 Å². The minimum Gasteiger partial charge on any atom is -0.356 e. The molecule has 2 aromatic rings. The minimum absolute atomic E-state index is 0.174. The van der Waals surface area contributed by atoms with Crippen molar-refractivity contribution in [2.45, 2.75) is 32.2 Å². The molecule has 1 saturated heterocycles. The van der Waals surface area contributed by atoms with Gasteiger partial charge >= 0.3 is 6.03 Å². The van der Waals surface area contributed by atoms with E-state index in [9.17, 15) is 4.79 Å². The summed E-state index contributed by atoms with van der Waals surface area (Å²) in [4.78, 5) is 22.8. The summed E-state index contributed by atoms with van der Waals surface area (Å²) in [5, 5.41) is 5.85. The largest absolute Gasteiger partial charge is 0.356 e. The van der Waals surface area contributed by atoms with Crippen LogP contribution in [0.1, 0.15) is 25.3 Å². The second-order valence-electron chi connectivity index (χ2n) is 5.98. The zero-order valence-corrected chi connectivity index (χ0v) is 13.9. The Morgan fingerprint density at radius 3 is 2.83 bits per heavy atom. The van der Waals surface area contributed by atoms with E-state index in [1.54, 1.807) is 18.5 Å². The molecule has 1 fully saturated rings. The molecular formula is C18H23N5O. The Morgan fingerprint density at radius 2 is 2.12 bits per heavy atom. The smallest absolute Gasteiger partial charge is 0.319 e. The number of nitrogens with one attached hydrogen (secondary N) is 2. The Kier molecular flexibility index (Phi) is 5.25. The molecular weight excluding hydrogens is 302 g/mol. The van der Waals surface area contributed by atoms with E-state index in [4.69, 9.17) is 0 Å². The highest BCUT2D eigenvalue weighted by atomic mass is 16.2. The summed E-state index contributed by atoms with van der Waals surface area (Å²) in [5.41, 5.74) is 2.00. The lowest BCUT2D eigenvalue weighted by Crippen LogP contribution is -2.46. The Hall–Kier alpha value is -2.63. The van der Waals surface area contributed by atoms with E-state index >= 15 is 0 Å². The van der Waals surface area contributed by atoms with E-state index in [0.29, 0.717) is 5.69 Å². The summed E-state index contributed by atoms with van der Waals surface area (Å²) in [6.45, 7) is 3.95. The number of carbonyl (C=O) groups excluding carboxylic acids is 1. The average molecular weight is 325 g/mol. The number of pyridine rings is 2. The highest BCUT2D eigenvalue weighted by Gasteiger charge is 2.21. The lowest BCUT2D eigenvalue weighted by atomic mass is 10.0. The van der Waals surface area contributed by atoms with Crippen LogP contribution in [0.25, 0.3) is 0 Å². The van der Waals surface area contributed by atoms with Crippen LogP contribution in [-0.4, -0.2) is 35.1 Å². The van der Waals surface area contributed by atoms with Crippen molar-refractivity contribution in [3.63, 3.8) is 0 Å². The van der Waals surface area contributed by atoms with Crippen LogP contribution < -0.4 is 15.5 Å². The first-order valence-electron chi connectivity index (χ1n) is 8.42. The molecule has 1 aliphatic rings. The molecule has 0 atom stereocenters. The van der Waals surface area contributed by atoms with Gasteiger partial charge in [-0.1, -0.05) is 6.92 Å². The lowest BCUT2D eigenvalue weighted by molar-refractivity contribution is 0.246. The molecule has 6 nitrogen and oxygen atoms in total. The second-order valence-corrected chi connectivity index (χ2v) is 5.98. The van der Waals surface area contributed by atoms with Gasteiger partial charge in [-0.3, -0.25) is 4.98 Å². The van der Waals surface area contributed by atoms with E-state index in [1.807, 2.05) is 12.3 Å². The maximum Gasteiger partial charge on any atom is 0.319 e. The van der Waals surface area contributed by atoms with Crippen LogP contribution in [0, 0.1) is 0 Å². The zero-order chi connectivity index (χ0) is 16.8. The summed E-state index contributed by atoms with van der Waals surface area (Å²) < 4.78 is 0. The average Bonchev–Trinajstić information content (AvgIpc) is 2.63. The third-order valence-corrected chi connectivity index (χ3v) is 4.29. The molecule has 2 amide bonds. The van der Waals surface area contributed by atoms with Crippen molar-refractivity contribution in [1.29, 1.82) is 0 Å². The molecule has 0 saturated carbocycles. The van der Waals surface area contributed by atoms with Gasteiger partial charge in [0.25, 0.3) is 0 Å². The fourth-order valence-corrected chi connectivity index (χ4v) is 2.90. The van der Waals surface area contributed by atoms with Gasteiger partial charge in [0.05, 0.1) is 11.9 Å². The predicted octanol–water partition coefficient (Wildman–Crippen LogP) is 2.83. The van der Waals surface area contributed by atoms with Gasteiger partial charge < -0.3 is 15.5 Å². The number of carbonyl (C=O) groups is 1. The first kappa shape index (κ1) is 16.2. The molecule has 0 unspecified atom stereocenters. The van der Waals surface area contributed by atoms with Gasteiger partial charge in [-0.2, -0.15) is 0 Å². The monoisotopic (exact) mass is 325 g/mol. The molecule has 126 valence electrons. The lowest BCUT2D eigenvalue weighted by Gasteiger charge is -2.33. The third-order valence-electron chi connectivity index (χ3n) is 4.29. The molecule has 2 aromatic heterocycles. The summed E-state index contributed by atoms with van der Waals surface area (Å²) in [6, 6.07) is 7.84. The summed E-state index contributed by atoms with van der Waals surface area (Å²) in [5.74, 6) is 1.03. The molecule has 6 heteroatoms. The predicted molar refractivity (Wildman–Crippen MR) is 95.2 cm³/mol. The van der Waals surface area contributed by atoms with Crippen molar-refractivity contribution in [1.82, 2.24) is 15.3 Å². The quantitative estimate of drug-likeness (QED) is 0.907. The Labute approximate surface area is 142 Å². The number of nitrogens with zero attached hydrogens (tertiary/aromatic N) is 3. The number of urea groups is 1. The van der Waals surface area contributed by atoms with E-state index in [2.05, 4.69) is 44.6 Å². The van der Waals surface area contributed by atoms with Crippen molar-refractivity contribution in [2.24, 2.45) is 0 Å². The van der Waals surface area contributed by atoms with E-state index in [-0.39, 0.29) is 12.1 Å². The van der Waals surface area contributed by atoms with Gasteiger partial charge in [0.15, 0.2) is 0 Å². The van der Waals surface area contributed by atoms with Gasteiger partial charge in [-0.05, 0) is 49.1 Å². The fraction of sp³-hybridized carbons (Fsp3) is 0.389. The van der Waals surface area contributed by atoms with Crippen molar-refractivity contribution < 1.29 is 4.79 Å². The zero-order valence-electron chi connectivity index (χ0n) is 13.9. The van der Waals surface area contributed by atoms with Crippen molar-refractivity contribution in [2.75, 3.05) is 23.3 Å². The first-order chi connectivity index (χ1) is 11.7. The number of aryl methyl sites for hydroxylation is 1. The highest BCUT2D eigenvalue weighted by Crippen LogP contribution is 2.19. The minimum atomic E-state index is -0.174. The first-order valence-corrected chi connectivity index (χ1v) is 8.42. The maximum atomic E-state index is 12.0.